The summed E-state index contributed by atoms with van der Waals surface area (Å²) >= 11 is 0. The Morgan fingerprint density at radius 1 is 1.38 bits per heavy atom. The van der Waals surface area contributed by atoms with Crippen molar-refractivity contribution in [2.24, 2.45) is 0 Å². The molecule has 3 heterocycles. The normalized spacial score (nSPS) is 17.0. The third kappa shape index (κ3) is 4.35. The standard InChI is InChI=1S/C22H25FN8O/c1-25-11-15(9-24)14-6-13(7-16(23)8-14)10-26-22(32)19-18-21(28-12-27-19)30-20(29-18)17-4-3-5-31(17)2/h6-9,11-12,17,24-25H,3-5,10H2,1-2H3,(H,26,32)(H,27,28,29,30)/b15-11+,24-9?/t17-/m1/s1. The molecule has 3 aromatic rings. The molecule has 0 aliphatic carbocycles. The third-order valence-electron chi connectivity index (χ3n) is 5.56. The van der Waals surface area contributed by atoms with Gasteiger partial charge in [-0.1, -0.05) is 0 Å². The molecule has 1 aliphatic rings. The first-order chi connectivity index (χ1) is 15.5. The number of carbonyl (C=O) groups excluding carboxylic acids is 1. The fraction of sp³-hybridized carbons (Fsp3) is 0.318. The Morgan fingerprint density at radius 2 is 2.22 bits per heavy atom. The molecule has 1 atom stereocenters. The molecule has 0 bridgehead atoms. The van der Waals surface area contributed by atoms with Gasteiger partial charge in [-0.15, -0.1) is 0 Å². The monoisotopic (exact) mass is 436 g/mol. The molecule has 1 aromatic carbocycles. The van der Waals surface area contributed by atoms with Crippen LogP contribution in [0.1, 0.15) is 46.3 Å². The Labute approximate surface area is 184 Å². The molecular formula is C22H25FN8O. The minimum Gasteiger partial charge on any atom is -0.393 e. The molecule has 0 unspecified atom stereocenters. The highest BCUT2D eigenvalue weighted by atomic mass is 19.1. The summed E-state index contributed by atoms with van der Waals surface area (Å²) in [5.74, 6) is -0.0741. The first-order valence-electron chi connectivity index (χ1n) is 10.4. The van der Waals surface area contributed by atoms with Crippen molar-refractivity contribution in [3.63, 3.8) is 0 Å². The van der Waals surface area contributed by atoms with Gasteiger partial charge in [-0.25, -0.2) is 19.3 Å². The Morgan fingerprint density at radius 3 is 2.94 bits per heavy atom. The zero-order chi connectivity index (χ0) is 22.7. The lowest BCUT2D eigenvalue weighted by molar-refractivity contribution is 0.0947. The van der Waals surface area contributed by atoms with Gasteiger partial charge in [-0.3, -0.25) is 9.69 Å². The molecule has 2 aromatic heterocycles. The van der Waals surface area contributed by atoms with Gasteiger partial charge in [0.25, 0.3) is 5.91 Å². The number of rotatable bonds is 7. The minimum atomic E-state index is -0.445. The van der Waals surface area contributed by atoms with Gasteiger partial charge < -0.3 is 21.0 Å². The fourth-order valence-electron chi connectivity index (χ4n) is 3.98. The number of nitrogens with one attached hydrogen (secondary N) is 4. The molecular weight excluding hydrogens is 411 g/mol. The smallest absolute Gasteiger partial charge is 0.272 e. The molecule has 0 saturated carbocycles. The molecule has 166 valence electrons. The average Bonchev–Trinajstić information content (AvgIpc) is 3.40. The van der Waals surface area contributed by atoms with Crippen molar-refractivity contribution in [2.75, 3.05) is 20.6 Å². The van der Waals surface area contributed by atoms with Crippen molar-refractivity contribution in [2.45, 2.75) is 25.4 Å². The number of fused-ring (bicyclic) bond motifs is 1. The van der Waals surface area contributed by atoms with Crippen molar-refractivity contribution < 1.29 is 9.18 Å². The van der Waals surface area contributed by atoms with Crippen LogP contribution in [0.3, 0.4) is 0 Å². The SMILES string of the molecule is CN/C=C(\C=N)c1cc(F)cc(CNC(=O)c2ncnc3nc([C@H]4CCCN4C)[nH]c23)c1. The number of carbonyl (C=O) groups is 1. The van der Waals surface area contributed by atoms with Crippen molar-refractivity contribution >= 4 is 28.9 Å². The lowest BCUT2D eigenvalue weighted by Gasteiger charge is -2.16. The van der Waals surface area contributed by atoms with Crippen LogP contribution in [0.2, 0.25) is 0 Å². The highest BCUT2D eigenvalue weighted by Crippen LogP contribution is 2.29. The van der Waals surface area contributed by atoms with Gasteiger partial charge in [0.05, 0.1) is 6.04 Å². The maximum atomic E-state index is 14.1. The quantitative estimate of drug-likeness (QED) is 0.422. The predicted molar refractivity (Wildman–Crippen MR) is 120 cm³/mol. The van der Waals surface area contributed by atoms with Crippen LogP contribution in [-0.2, 0) is 6.54 Å². The summed E-state index contributed by atoms with van der Waals surface area (Å²) in [6, 6.07) is 4.60. The summed E-state index contributed by atoms with van der Waals surface area (Å²) in [6.45, 7) is 1.10. The van der Waals surface area contributed by atoms with Gasteiger partial charge in [-0.05, 0) is 55.8 Å². The second-order valence-corrected chi connectivity index (χ2v) is 7.75. The van der Waals surface area contributed by atoms with Gasteiger partial charge in [0.1, 0.15) is 23.5 Å². The van der Waals surface area contributed by atoms with Gasteiger partial charge in [0, 0.05) is 31.6 Å². The second kappa shape index (κ2) is 9.23. The molecule has 4 rings (SSSR count). The molecule has 1 amide bonds. The highest BCUT2D eigenvalue weighted by Gasteiger charge is 2.27. The molecule has 1 aliphatic heterocycles. The number of allylic oxidation sites excluding steroid dienone is 1. The zero-order valence-electron chi connectivity index (χ0n) is 17.9. The largest absolute Gasteiger partial charge is 0.393 e. The Hall–Kier alpha value is -3.66. The molecule has 1 fully saturated rings. The molecule has 32 heavy (non-hydrogen) atoms. The van der Waals surface area contributed by atoms with Gasteiger partial charge >= 0.3 is 0 Å². The maximum absolute atomic E-state index is 14.1. The number of benzene rings is 1. The van der Waals surface area contributed by atoms with Crippen LogP contribution in [-0.4, -0.2) is 57.6 Å². The van der Waals surface area contributed by atoms with E-state index in [1.165, 1.54) is 18.5 Å². The molecule has 0 spiro atoms. The summed E-state index contributed by atoms with van der Waals surface area (Å²) < 4.78 is 14.1. The lowest BCUT2D eigenvalue weighted by atomic mass is 10.0. The van der Waals surface area contributed by atoms with Crippen molar-refractivity contribution in [1.29, 1.82) is 5.41 Å². The Balaban J connectivity index is 1.55. The van der Waals surface area contributed by atoms with E-state index in [4.69, 9.17) is 5.41 Å². The van der Waals surface area contributed by atoms with Gasteiger partial charge in [0.2, 0.25) is 0 Å². The first kappa shape index (κ1) is 21.6. The molecule has 0 radical (unpaired) electrons. The summed E-state index contributed by atoms with van der Waals surface area (Å²) in [5.41, 5.74) is 2.77. The number of amides is 1. The number of hydrogen-bond donors (Lipinski definition) is 4. The van der Waals surface area contributed by atoms with Crippen LogP contribution in [0.4, 0.5) is 4.39 Å². The third-order valence-corrected chi connectivity index (χ3v) is 5.56. The maximum Gasteiger partial charge on any atom is 0.272 e. The predicted octanol–water partition coefficient (Wildman–Crippen LogP) is 2.40. The Kier molecular flexibility index (Phi) is 6.22. The van der Waals surface area contributed by atoms with Crippen LogP contribution >= 0.6 is 0 Å². The number of H-pyrrole nitrogens is 1. The van der Waals surface area contributed by atoms with Crippen molar-refractivity contribution in [3.05, 3.63) is 59.2 Å². The van der Waals surface area contributed by atoms with E-state index in [1.54, 1.807) is 19.3 Å². The van der Waals surface area contributed by atoms with E-state index in [0.717, 1.165) is 31.4 Å². The van der Waals surface area contributed by atoms with Gasteiger partial charge in [-0.2, -0.15) is 0 Å². The fourth-order valence-corrected chi connectivity index (χ4v) is 3.98. The second-order valence-electron chi connectivity index (χ2n) is 7.75. The summed E-state index contributed by atoms with van der Waals surface area (Å²) in [4.78, 5) is 31.2. The summed E-state index contributed by atoms with van der Waals surface area (Å²) in [5, 5.41) is 13.2. The average molecular weight is 436 g/mol. The minimum absolute atomic E-state index is 0.103. The number of likely N-dealkylation sites (tertiary alicyclic amines) is 1. The van der Waals surface area contributed by atoms with Crippen LogP contribution < -0.4 is 10.6 Å². The van der Waals surface area contributed by atoms with Crippen molar-refractivity contribution in [3.8, 4) is 0 Å². The number of halogens is 1. The van der Waals surface area contributed by atoms with E-state index in [1.807, 2.05) is 7.05 Å². The van der Waals surface area contributed by atoms with Crippen LogP contribution in [0.5, 0.6) is 0 Å². The van der Waals surface area contributed by atoms with Gasteiger partial charge in [0.15, 0.2) is 11.3 Å². The molecule has 4 N–H and O–H groups in total. The highest BCUT2D eigenvalue weighted by molar-refractivity contribution is 6.08. The van der Waals surface area contributed by atoms with E-state index >= 15 is 0 Å². The number of aromatic amines is 1. The van der Waals surface area contributed by atoms with Crippen molar-refractivity contribution in [1.82, 2.24) is 35.5 Å². The summed E-state index contributed by atoms with van der Waals surface area (Å²) in [7, 11) is 3.76. The van der Waals surface area contributed by atoms with E-state index in [2.05, 4.69) is 35.5 Å². The van der Waals surface area contributed by atoms with Crippen LogP contribution in [0.25, 0.3) is 16.7 Å². The summed E-state index contributed by atoms with van der Waals surface area (Å²) in [6.07, 6.45) is 6.16. The zero-order valence-corrected chi connectivity index (χ0v) is 17.9. The van der Waals surface area contributed by atoms with Crippen LogP contribution in [0, 0.1) is 11.2 Å². The Bertz CT molecular complexity index is 1190. The first-order valence-corrected chi connectivity index (χ1v) is 10.4. The van der Waals surface area contributed by atoms with E-state index in [0.29, 0.717) is 27.9 Å². The number of imidazole rings is 1. The topological polar surface area (TPSA) is 123 Å². The lowest BCUT2D eigenvalue weighted by Crippen LogP contribution is -2.24. The number of nitrogens with zero attached hydrogens (tertiary/aromatic N) is 4. The molecule has 1 saturated heterocycles. The number of hydrogen-bond acceptors (Lipinski definition) is 7. The van der Waals surface area contributed by atoms with E-state index in [9.17, 15) is 9.18 Å². The van der Waals surface area contributed by atoms with E-state index in [-0.39, 0.29) is 18.3 Å². The molecule has 9 nitrogen and oxygen atoms in total. The van der Waals surface area contributed by atoms with Crippen LogP contribution in [0.15, 0.2) is 30.7 Å². The molecule has 10 heteroatoms. The van der Waals surface area contributed by atoms with E-state index < -0.39 is 11.7 Å². The number of aromatic nitrogens is 4.